The smallest absolute Gasteiger partial charge is 0.303 e. The first-order chi connectivity index (χ1) is 9.10. The van der Waals surface area contributed by atoms with Gasteiger partial charge in [0.25, 0.3) is 0 Å². The van der Waals surface area contributed by atoms with Crippen LogP contribution in [0.2, 0.25) is 0 Å². The van der Waals surface area contributed by atoms with Crippen LogP contribution in [-0.4, -0.2) is 28.0 Å². The first-order valence-corrected chi connectivity index (χ1v) is 5.99. The number of carboxylic acids is 1. The second-order valence-corrected chi connectivity index (χ2v) is 4.29. The van der Waals surface area contributed by atoms with Crippen LogP contribution in [0.3, 0.4) is 0 Å². The second kappa shape index (κ2) is 5.56. The lowest BCUT2D eigenvalue weighted by molar-refractivity contribution is -0.136. The van der Waals surface area contributed by atoms with Crippen LogP contribution in [0.1, 0.15) is 12.1 Å². The Bertz CT molecular complexity index is 573. The Morgan fingerprint density at radius 2 is 2.05 bits per heavy atom. The summed E-state index contributed by atoms with van der Waals surface area (Å²) in [5.41, 5.74) is 2.77. The lowest BCUT2D eigenvalue weighted by atomic mass is 10.0. The van der Waals surface area contributed by atoms with Crippen molar-refractivity contribution in [2.45, 2.75) is 12.8 Å². The summed E-state index contributed by atoms with van der Waals surface area (Å²) in [5.74, 6) is -0.0222. The number of methoxy groups -OCH3 is 1. The van der Waals surface area contributed by atoms with E-state index in [-0.39, 0.29) is 6.42 Å². The van der Waals surface area contributed by atoms with Crippen LogP contribution in [0.4, 0.5) is 0 Å². The Morgan fingerprint density at radius 1 is 1.37 bits per heavy atom. The molecule has 0 aliphatic rings. The van der Waals surface area contributed by atoms with Crippen LogP contribution in [0, 0.1) is 0 Å². The van der Waals surface area contributed by atoms with E-state index in [1.165, 1.54) is 0 Å². The van der Waals surface area contributed by atoms with Gasteiger partial charge in [-0.15, -0.1) is 0 Å². The van der Waals surface area contributed by atoms with Gasteiger partial charge < -0.3 is 9.84 Å². The Labute approximate surface area is 111 Å². The summed E-state index contributed by atoms with van der Waals surface area (Å²) in [6, 6.07) is 7.65. The number of carbonyl (C=O) groups is 1. The SMILES string of the molecule is COc1ccc(-c2cn(C)nc2CCC(=O)O)cc1. The van der Waals surface area contributed by atoms with Crippen molar-refractivity contribution in [3.05, 3.63) is 36.2 Å². The van der Waals surface area contributed by atoms with Gasteiger partial charge in [0.2, 0.25) is 0 Å². The number of rotatable bonds is 5. The van der Waals surface area contributed by atoms with Gasteiger partial charge in [-0.05, 0) is 17.7 Å². The minimum absolute atomic E-state index is 0.0835. The van der Waals surface area contributed by atoms with Crippen LogP contribution in [-0.2, 0) is 18.3 Å². The molecule has 0 amide bonds. The number of aromatic nitrogens is 2. The molecule has 0 fully saturated rings. The van der Waals surface area contributed by atoms with Gasteiger partial charge in [0.05, 0.1) is 19.2 Å². The van der Waals surface area contributed by atoms with Crippen molar-refractivity contribution in [2.75, 3.05) is 7.11 Å². The fourth-order valence-electron chi connectivity index (χ4n) is 1.96. The molecule has 0 bridgehead atoms. The molecule has 0 saturated carbocycles. The third kappa shape index (κ3) is 3.13. The van der Waals surface area contributed by atoms with Crippen molar-refractivity contribution in [3.63, 3.8) is 0 Å². The summed E-state index contributed by atoms with van der Waals surface area (Å²) in [6.07, 6.45) is 2.41. The molecule has 5 heteroatoms. The monoisotopic (exact) mass is 260 g/mol. The van der Waals surface area contributed by atoms with Crippen LogP contribution in [0.25, 0.3) is 11.1 Å². The lowest BCUT2D eigenvalue weighted by Crippen LogP contribution is -1.99. The molecule has 19 heavy (non-hydrogen) atoms. The molecule has 0 aliphatic carbocycles. The van der Waals surface area contributed by atoms with E-state index in [0.29, 0.717) is 6.42 Å². The molecule has 1 heterocycles. The van der Waals surface area contributed by atoms with Crippen LogP contribution in [0.15, 0.2) is 30.5 Å². The highest BCUT2D eigenvalue weighted by Gasteiger charge is 2.11. The van der Waals surface area contributed by atoms with Gasteiger partial charge >= 0.3 is 5.97 Å². The minimum Gasteiger partial charge on any atom is -0.497 e. The van der Waals surface area contributed by atoms with Gasteiger partial charge in [-0.25, -0.2) is 0 Å². The standard InChI is InChI=1S/C14H16N2O3/c1-16-9-12(13(15-16)7-8-14(17)18)10-3-5-11(19-2)6-4-10/h3-6,9H,7-8H2,1-2H3,(H,17,18). The number of nitrogens with zero attached hydrogens (tertiary/aromatic N) is 2. The lowest BCUT2D eigenvalue weighted by Gasteiger charge is -2.03. The van der Waals surface area contributed by atoms with Crippen molar-refractivity contribution >= 4 is 5.97 Å². The fourth-order valence-corrected chi connectivity index (χ4v) is 1.96. The summed E-state index contributed by atoms with van der Waals surface area (Å²) in [4.78, 5) is 10.7. The molecule has 2 rings (SSSR count). The van der Waals surface area contributed by atoms with Gasteiger partial charge in [-0.1, -0.05) is 12.1 Å². The number of aliphatic carboxylic acids is 1. The Morgan fingerprint density at radius 3 is 2.63 bits per heavy atom. The summed E-state index contributed by atoms with van der Waals surface area (Å²) in [5, 5.41) is 13.1. The van der Waals surface area contributed by atoms with Crippen molar-refractivity contribution in [1.29, 1.82) is 0 Å². The molecule has 0 unspecified atom stereocenters. The molecule has 0 aliphatic heterocycles. The molecule has 0 spiro atoms. The average Bonchev–Trinajstić information content (AvgIpc) is 2.78. The van der Waals surface area contributed by atoms with E-state index in [1.807, 2.05) is 37.5 Å². The maximum Gasteiger partial charge on any atom is 0.303 e. The predicted molar refractivity (Wildman–Crippen MR) is 71.2 cm³/mol. The topological polar surface area (TPSA) is 64.4 Å². The molecule has 0 radical (unpaired) electrons. The largest absolute Gasteiger partial charge is 0.497 e. The molecule has 0 atom stereocenters. The number of ether oxygens (including phenoxy) is 1. The molecule has 100 valence electrons. The Hall–Kier alpha value is -2.30. The molecule has 0 saturated heterocycles. The highest BCUT2D eigenvalue weighted by atomic mass is 16.5. The molecule has 1 aromatic heterocycles. The highest BCUT2D eigenvalue weighted by Crippen LogP contribution is 2.25. The van der Waals surface area contributed by atoms with E-state index in [1.54, 1.807) is 11.8 Å². The van der Waals surface area contributed by atoms with E-state index in [4.69, 9.17) is 9.84 Å². The van der Waals surface area contributed by atoms with Crippen molar-refractivity contribution in [2.24, 2.45) is 7.05 Å². The molecular weight excluding hydrogens is 244 g/mol. The van der Waals surface area contributed by atoms with E-state index in [9.17, 15) is 4.79 Å². The summed E-state index contributed by atoms with van der Waals surface area (Å²) in [7, 11) is 3.45. The first-order valence-electron chi connectivity index (χ1n) is 5.99. The van der Waals surface area contributed by atoms with E-state index in [0.717, 1.165) is 22.6 Å². The second-order valence-electron chi connectivity index (χ2n) is 4.29. The van der Waals surface area contributed by atoms with E-state index < -0.39 is 5.97 Å². The van der Waals surface area contributed by atoms with Gasteiger partial charge in [0.1, 0.15) is 5.75 Å². The maximum atomic E-state index is 10.7. The van der Waals surface area contributed by atoms with Crippen molar-refractivity contribution in [3.8, 4) is 16.9 Å². The third-order valence-electron chi connectivity index (χ3n) is 2.88. The zero-order valence-electron chi connectivity index (χ0n) is 11.0. The van der Waals surface area contributed by atoms with Crippen molar-refractivity contribution in [1.82, 2.24) is 9.78 Å². The number of hydrogen-bond acceptors (Lipinski definition) is 3. The molecular formula is C14H16N2O3. The quantitative estimate of drug-likeness (QED) is 0.894. The zero-order chi connectivity index (χ0) is 13.8. The van der Waals surface area contributed by atoms with Gasteiger partial charge in [0.15, 0.2) is 0 Å². The average molecular weight is 260 g/mol. The first kappa shape index (κ1) is 13.1. The predicted octanol–water partition coefficient (Wildman–Crippen LogP) is 2.11. The van der Waals surface area contributed by atoms with Crippen LogP contribution in [0.5, 0.6) is 5.75 Å². The molecule has 5 nitrogen and oxygen atoms in total. The minimum atomic E-state index is -0.814. The van der Waals surface area contributed by atoms with Crippen LogP contribution < -0.4 is 4.74 Å². The highest BCUT2D eigenvalue weighted by molar-refractivity contribution is 5.69. The van der Waals surface area contributed by atoms with E-state index in [2.05, 4.69) is 5.10 Å². The summed E-state index contributed by atoms with van der Waals surface area (Å²) < 4.78 is 6.83. The number of aryl methyl sites for hydroxylation is 2. The molecule has 2 aromatic rings. The summed E-state index contributed by atoms with van der Waals surface area (Å²) in [6.45, 7) is 0. The fraction of sp³-hybridized carbons (Fsp3) is 0.286. The normalized spacial score (nSPS) is 10.4. The third-order valence-corrected chi connectivity index (χ3v) is 2.88. The molecule has 1 aromatic carbocycles. The van der Waals surface area contributed by atoms with E-state index >= 15 is 0 Å². The Balaban J connectivity index is 2.29. The summed E-state index contributed by atoms with van der Waals surface area (Å²) >= 11 is 0. The van der Waals surface area contributed by atoms with Crippen LogP contribution >= 0.6 is 0 Å². The van der Waals surface area contributed by atoms with Gasteiger partial charge in [-0.2, -0.15) is 5.10 Å². The number of hydrogen-bond donors (Lipinski definition) is 1. The maximum absolute atomic E-state index is 10.7. The zero-order valence-corrected chi connectivity index (χ0v) is 11.0. The molecule has 1 N–H and O–H groups in total. The van der Waals surface area contributed by atoms with Crippen molar-refractivity contribution < 1.29 is 14.6 Å². The Kier molecular flexibility index (Phi) is 3.85. The van der Waals surface area contributed by atoms with Gasteiger partial charge in [-0.3, -0.25) is 9.48 Å². The van der Waals surface area contributed by atoms with Gasteiger partial charge in [0, 0.05) is 25.2 Å². The number of benzene rings is 1. The number of carboxylic acid groups (broad SMARTS) is 1.